The van der Waals surface area contributed by atoms with Crippen molar-refractivity contribution >= 4 is 29.5 Å². The second-order valence-corrected chi connectivity index (χ2v) is 9.28. The van der Waals surface area contributed by atoms with Crippen LogP contribution in [0.2, 0.25) is 0 Å². The van der Waals surface area contributed by atoms with E-state index in [1.54, 1.807) is 25.8 Å². The molecule has 5 atom stereocenters. The molecule has 7 nitrogen and oxygen atoms in total. The summed E-state index contributed by atoms with van der Waals surface area (Å²) in [5, 5.41) is 3.67. The van der Waals surface area contributed by atoms with Crippen molar-refractivity contribution in [2.24, 2.45) is 11.8 Å². The number of nitrogens with one attached hydrogen (secondary N) is 1. The topological polar surface area (TPSA) is 84.9 Å². The fraction of sp³-hybridized carbons (Fsp3) is 0.571. The number of rotatable bonds is 6. The van der Waals surface area contributed by atoms with Crippen molar-refractivity contribution in [2.75, 3.05) is 21.3 Å². The summed E-state index contributed by atoms with van der Waals surface area (Å²) < 4.78 is 10.5. The first-order valence-corrected chi connectivity index (χ1v) is 10.6. The predicted octanol–water partition coefficient (Wildman–Crippen LogP) is 2.39. The van der Waals surface area contributed by atoms with Gasteiger partial charge in [0.1, 0.15) is 11.3 Å². The van der Waals surface area contributed by atoms with Gasteiger partial charge in [0.15, 0.2) is 0 Å². The molecule has 0 aliphatic carbocycles. The second kappa shape index (κ2) is 7.99. The monoisotopic (exact) mass is 420 g/mol. The van der Waals surface area contributed by atoms with Gasteiger partial charge in [-0.25, -0.2) is 0 Å². The number of esters is 1. The summed E-state index contributed by atoms with van der Waals surface area (Å²) in [5.41, 5.74) is -0.478. The van der Waals surface area contributed by atoms with Gasteiger partial charge in [0.05, 0.1) is 26.1 Å². The zero-order valence-corrected chi connectivity index (χ0v) is 18.5. The van der Waals surface area contributed by atoms with Gasteiger partial charge in [0.2, 0.25) is 11.8 Å². The molecule has 158 valence electrons. The molecule has 0 saturated carbocycles. The number of carbonyl (C=O) groups is 3. The molecule has 1 aromatic rings. The highest BCUT2D eigenvalue weighted by atomic mass is 32.2. The van der Waals surface area contributed by atoms with Gasteiger partial charge in [0.25, 0.3) is 0 Å². The molecule has 2 saturated heterocycles. The van der Waals surface area contributed by atoms with Crippen LogP contribution in [0.15, 0.2) is 23.1 Å². The van der Waals surface area contributed by atoms with Crippen molar-refractivity contribution in [1.29, 1.82) is 0 Å². The first-order chi connectivity index (χ1) is 13.7. The average molecular weight is 421 g/mol. The van der Waals surface area contributed by atoms with E-state index >= 15 is 0 Å². The Bertz CT molecular complexity index is 844. The number of hydrogen-bond acceptors (Lipinski definition) is 7. The molecule has 0 bridgehead atoms. The maximum Gasteiger partial charge on any atom is 0.326 e. The van der Waals surface area contributed by atoms with Gasteiger partial charge >= 0.3 is 5.97 Å². The van der Waals surface area contributed by atoms with Crippen LogP contribution >= 0.6 is 11.8 Å². The van der Waals surface area contributed by atoms with E-state index in [1.807, 2.05) is 18.2 Å². The van der Waals surface area contributed by atoms with Crippen LogP contribution in [0.4, 0.5) is 0 Å². The predicted molar refractivity (Wildman–Crippen MR) is 110 cm³/mol. The smallest absolute Gasteiger partial charge is 0.326 e. The normalized spacial score (nSPS) is 29.7. The molecule has 1 aromatic carbocycles. The Balaban J connectivity index is 2.03. The summed E-state index contributed by atoms with van der Waals surface area (Å²) in [4.78, 5) is 40.3. The molecule has 0 radical (unpaired) electrons. The summed E-state index contributed by atoms with van der Waals surface area (Å²) in [7, 11) is 4.36. The number of benzene rings is 1. The quantitative estimate of drug-likeness (QED) is 0.430. The molecule has 8 heteroatoms. The van der Waals surface area contributed by atoms with Crippen molar-refractivity contribution in [1.82, 2.24) is 10.2 Å². The number of hydrogen-bond donors (Lipinski definition) is 1. The average Bonchev–Trinajstić information content (AvgIpc) is 3.16. The van der Waals surface area contributed by atoms with Crippen LogP contribution in [-0.4, -0.2) is 54.7 Å². The van der Waals surface area contributed by atoms with E-state index in [0.717, 1.165) is 21.8 Å². The number of methoxy groups -OCH3 is 2. The molecule has 0 aromatic heterocycles. The molecule has 29 heavy (non-hydrogen) atoms. The van der Waals surface area contributed by atoms with Gasteiger partial charge in [-0.15, -0.1) is 11.8 Å². The molecule has 3 rings (SSSR count). The van der Waals surface area contributed by atoms with Gasteiger partial charge in [-0.2, -0.15) is 0 Å². The minimum absolute atomic E-state index is 0.290. The van der Waals surface area contributed by atoms with Crippen LogP contribution in [0.5, 0.6) is 5.75 Å². The van der Waals surface area contributed by atoms with Crippen molar-refractivity contribution in [3.05, 3.63) is 23.8 Å². The summed E-state index contributed by atoms with van der Waals surface area (Å²) in [6, 6.07) is 5.29. The third-order valence-electron chi connectivity index (χ3n) is 6.07. The molecule has 1 N–H and O–H groups in total. The lowest BCUT2D eigenvalue weighted by Gasteiger charge is -2.28. The van der Waals surface area contributed by atoms with Crippen molar-refractivity contribution < 1.29 is 23.9 Å². The lowest BCUT2D eigenvalue weighted by Crippen LogP contribution is -2.53. The molecule has 2 fully saturated rings. The number of amides is 2. The van der Waals surface area contributed by atoms with Gasteiger partial charge in [-0.1, -0.05) is 19.9 Å². The number of fused-ring (bicyclic) bond motifs is 1. The Morgan fingerprint density at radius 3 is 2.59 bits per heavy atom. The number of nitrogens with zero attached hydrogens (tertiary/aromatic N) is 1. The van der Waals surface area contributed by atoms with E-state index in [4.69, 9.17) is 9.47 Å². The Morgan fingerprint density at radius 1 is 1.31 bits per heavy atom. The van der Waals surface area contributed by atoms with Gasteiger partial charge in [0, 0.05) is 23.2 Å². The van der Waals surface area contributed by atoms with Crippen molar-refractivity contribution in [2.45, 2.75) is 48.9 Å². The molecule has 0 spiro atoms. The van der Waals surface area contributed by atoms with Crippen LogP contribution < -0.4 is 10.1 Å². The fourth-order valence-electron chi connectivity index (χ4n) is 4.24. The van der Waals surface area contributed by atoms with Gasteiger partial charge in [-0.3, -0.25) is 24.6 Å². The number of likely N-dealkylation sites (tertiary alicyclic amines) is 1. The number of imide groups is 1. The minimum atomic E-state index is -1.28. The van der Waals surface area contributed by atoms with Crippen LogP contribution in [0.25, 0.3) is 0 Å². The maximum absolute atomic E-state index is 12.9. The van der Waals surface area contributed by atoms with E-state index in [-0.39, 0.29) is 11.8 Å². The standard InChI is InChI=1S/C21H28N2O5S/c1-7-11(2)29-14-9-8-12(10-13(14)27-5)17-15-16(19(25)23(4)18(15)24)21(3,22-17)20(26)28-6/h8-11,15-17,22H,7H2,1-6H3/t11?,15-,16-,17-,21-/m1/s1. The second-order valence-electron chi connectivity index (χ2n) is 7.80. The highest BCUT2D eigenvalue weighted by Crippen LogP contribution is 2.49. The largest absolute Gasteiger partial charge is 0.496 e. The molecular weight excluding hydrogens is 392 g/mol. The number of ether oxygens (including phenoxy) is 2. The summed E-state index contributed by atoms with van der Waals surface area (Å²) in [6.45, 7) is 5.92. The summed E-state index contributed by atoms with van der Waals surface area (Å²) in [5.74, 6) is -1.97. The van der Waals surface area contributed by atoms with Crippen LogP contribution in [0, 0.1) is 11.8 Å². The molecule has 1 unspecified atom stereocenters. The Morgan fingerprint density at radius 2 is 2.00 bits per heavy atom. The van der Waals surface area contributed by atoms with Crippen LogP contribution in [-0.2, 0) is 19.1 Å². The highest BCUT2D eigenvalue weighted by Gasteiger charge is 2.66. The summed E-state index contributed by atoms with van der Waals surface area (Å²) >= 11 is 1.73. The molecule has 2 heterocycles. The lowest BCUT2D eigenvalue weighted by atomic mass is 9.80. The van der Waals surface area contributed by atoms with E-state index in [9.17, 15) is 14.4 Å². The lowest BCUT2D eigenvalue weighted by molar-refractivity contribution is -0.152. The Labute approximate surface area is 175 Å². The van der Waals surface area contributed by atoms with Crippen molar-refractivity contribution in [3.8, 4) is 5.75 Å². The first-order valence-electron chi connectivity index (χ1n) is 9.71. The zero-order chi connectivity index (χ0) is 21.5. The molecular formula is C21H28N2O5S. The fourth-order valence-corrected chi connectivity index (χ4v) is 5.25. The van der Waals surface area contributed by atoms with Crippen LogP contribution in [0.1, 0.15) is 38.8 Å². The molecule has 2 aliphatic heterocycles. The van der Waals surface area contributed by atoms with E-state index in [1.165, 1.54) is 14.2 Å². The van der Waals surface area contributed by atoms with E-state index in [2.05, 4.69) is 19.2 Å². The number of carbonyl (C=O) groups excluding carboxylic acids is 3. The third-order valence-corrected chi connectivity index (χ3v) is 7.39. The van der Waals surface area contributed by atoms with Gasteiger partial charge in [-0.05, 0) is 31.0 Å². The maximum atomic E-state index is 12.9. The number of thioether (sulfide) groups is 1. The van der Waals surface area contributed by atoms with Crippen LogP contribution in [0.3, 0.4) is 0 Å². The van der Waals surface area contributed by atoms with E-state index in [0.29, 0.717) is 11.0 Å². The SMILES string of the molecule is CCC(C)Sc1ccc([C@H]2N[C@@](C)(C(=O)OC)[C@H]3C(=O)N(C)C(=O)[C@@H]23)cc1OC. The first kappa shape index (κ1) is 21.6. The van der Waals surface area contributed by atoms with E-state index < -0.39 is 29.4 Å². The Kier molecular flexibility index (Phi) is 5.96. The zero-order valence-electron chi connectivity index (χ0n) is 17.6. The Hall–Kier alpha value is -2.06. The highest BCUT2D eigenvalue weighted by molar-refractivity contribution is 8.00. The van der Waals surface area contributed by atoms with Crippen molar-refractivity contribution in [3.63, 3.8) is 0 Å². The molecule has 2 aliphatic rings. The third kappa shape index (κ3) is 3.42. The van der Waals surface area contributed by atoms with Gasteiger partial charge < -0.3 is 9.47 Å². The summed E-state index contributed by atoms with van der Waals surface area (Å²) in [6.07, 6.45) is 1.03. The minimum Gasteiger partial charge on any atom is -0.496 e. The molecule has 2 amide bonds.